The quantitative estimate of drug-likeness (QED) is 0.543. The maximum absolute atomic E-state index is 10.7. The van der Waals surface area contributed by atoms with Crippen molar-refractivity contribution in [3.8, 4) is 0 Å². The molecule has 0 amide bonds. The molecule has 0 bridgehead atoms. The molecule has 1 aliphatic heterocycles. The van der Waals surface area contributed by atoms with Crippen molar-refractivity contribution in [2.45, 2.75) is 45.4 Å². The van der Waals surface area contributed by atoms with Gasteiger partial charge >= 0.3 is 11.9 Å². The Morgan fingerprint density at radius 1 is 1.71 bits per heavy atom. The Kier molecular flexibility index (Phi) is 3.86. The van der Waals surface area contributed by atoms with Crippen molar-refractivity contribution in [3.05, 3.63) is 0 Å². The van der Waals surface area contributed by atoms with Gasteiger partial charge in [-0.2, -0.15) is 0 Å². The Hall–Kier alpha value is -0.650. The summed E-state index contributed by atoms with van der Waals surface area (Å²) in [6.07, 6.45) is 1.20. The molecule has 14 heavy (non-hydrogen) atoms. The molecule has 5 heteroatoms. The van der Waals surface area contributed by atoms with Crippen LogP contribution in [0.3, 0.4) is 0 Å². The lowest BCUT2D eigenvalue weighted by Crippen LogP contribution is -2.46. The molecule has 5 nitrogen and oxygen atoms in total. The van der Waals surface area contributed by atoms with E-state index in [1.165, 1.54) is 6.92 Å². The third kappa shape index (κ3) is 3.25. The molecule has 82 valence electrons. The average Bonchev–Trinajstić information content (AvgIpc) is 2.01. The van der Waals surface area contributed by atoms with Crippen LogP contribution in [0.4, 0.5) is 0 Å². The molecule has 1 aliphatic rings. The zero-order valence-electron chi connectivity index (χ0n) is 8.49. The zero-order valence-corrected chi connectivity index (χ0v) is 8.49. The summed E-state index contributed by atoms with van der Waals surface area (Å²) in [5.41, 5.74) is 0. The highest BCUT2D eigenvalue weighted by Gasteiger charge is 2.38. The van der Waals surface area contributed by atoms with Gasteiger partial charge in [0.2, 0.25) is 0 Å². The third-order valence-corrected chi connectivity index (χ3v) is 1.86. The van der Waals surface area contributed by atoms with Crippen molar-refractivity contribution >= 4 is 5.97 Å². The van der Waals surface area contributed by atoms with Gasteiger partial charge in [-0.05, 0) is 6.42 Å². The fourth-order valence-electron chi connectivity index (χ4n) is 1.30. The van der Waals surface area contributed by atoms with Crippen molar-refractivity contribution in [1.82, 2.24) is 0 Å². The molecule has 2 atom stereocenters. The van der Waals surface area contributed by atoms with Crippen molar-refractivity contribution in [3.63, 3.8) is 0 Å². The maximum atomic E-state index is 10.7. The molecule has 1 N–H and O–H groups in total. The van der Waals surface area contributed by atoms with E-state index in [4.69, 9.17) is 9.47 Å². The van der Waals surface area contributed by atoms with Crippen LogP contribution in [0, 0.1) is 0 Å². The molecule has 1 fully saturated rings. The van der Waals surface area contributed by atoms with E-state index in [9.17, 15) is 9.90 Å². The Morgan fingerprint density at radius 3 is 3.00 bits per heavy atom. The fourth-order valence-corrected chi connectivity index (χ4v) is 1.30. The third-order valence-electron chi connectivity index (χ3n) is 1.86. The summed E-state index contributed by atoms with van der Waals surface area (Å²) in [6.45, 7) is 3.53. The standard InChI is InChI=1S/C9H16O5/c1-3-4-8-12-6-5-9(11,14-8)13-7(2)10/h8,11H,3-6H2,1-2H3. The molecule has 1 saturated heterocycles. The van der Waals surface area contributed by atoms with Crippen molar-refractivity contribution in [1.29, 1.82) is 0 Å². The smallest absolute Gasteiger partial charge is 0.331 e. The number of aliphatic hydroxyl groups is 1. The summed E-state index contributed by atoms with van der Waals surface area (Å²) in [4.78, 5) is 10.7. The molecule has 0 aromatic carbocycles. The number of rotatable bonds is 3. The van der Waals surface area contributed by atoms with E-state index >= 15 is 0 Å². The van der Waals surface area contributed by atoms with E-state index in [1.54, 1.807) is 0 Å². The fraction of sp³-hybridized carbons (Fsp3) is 0.889. The second-order valence-electron chi connectivity index (χ2n) is 3.26. The number of esters is 1. The minimum atomic E-state index is -1.80. The molecule has 0 aliphatic carbocycles. The minimum absolute atomic E-state index is 0.146. The van der Waals surface area contributed by atoms with Crippen LogP contribution in [-0.4, -0.2) is 29.9 Å². The van der Waals surface area contributed by atoms with E-state index in [-0.39, 0.29) is 6.42 Å². The van der Waals surface area contributed by atoms with Crippen molar-refractivity contribution in [2.75, 3.05) is 6.61 Å². The van der Waals surface area contributed by atoms with E-state index in [2.05, 4.69) is 4.74 Å². The first kappa shape index (κ1) is 11.4. The normalized spacial score (nSPS) is 32.6. The second-order valence-corrected chi connectivity index (χ2v) is 3.26. The highest BCUT2D eigenvalue weighted by atomic mass is 16.9. The molecule has 0 aromatic heterocycles. The lowest BCUT2D eigenvalue weighted by atomic mass is 10.3. The van der Waals surface area contributed by atoms with Crippen LogP contribution in [0.5, 0.6) is 0 Å². The van der Waals surface area contributed by atoms with Crippen LogP contribution in [0.1, 0.15) is 33.1 Å². The first-order chi connectivity index (χ1) is 6.56. The Labute approximate surface area is 82.9 Å². The molecule has 0 saturated carbocycles. The summed E-state index contributed by atoms with van der Waals surface area (Å²) < 4.78 is 15.0. The van der Waals surface area contributed by atoms with E-state index in [1.807, 2.05) is 6.92 Å². The number of carbonyl (C=O) groups is 1. The van der Waals surface area contributed by atoms with Gasteiger partial charge in [-0.1, -0.05) is 13.3 Å². The number of hydrogen-bond donors (Lipinski definition) is 1. The highest BCUT2D eigenvalue weighted by Crippen LogP contribution is 2.25. The lowest BCUT2D eigenvalue weighted by molar-refractivity contribution is -0.418. The number of carbonyl (C=O) groups excluding carboxylic acids is 1. The number of hydrogen-bond acceptors (Lipinski definition) is 5. The summed E-state index contributed by atoms with van der Waals surface area (Å²) in [5, 5.41) is 9.69. The summed E-state index contributed by atoms with van der Waals surface area (Å²) >= 11 is 0. The monoisotopic (exact) mass is 204 g/mol. The highest BCUT2D eigenvalue weighted by molar-refractivity contribution is 5.66. The molecular formula is C9H16O5. The van der Waals surface area contributed by atoms with Gasteiger partial charge in [0, 0.05) is 6.92 Å². The first-order valence-corrected chi connectivity index (χ1v) is 4.77. The predicted molar refractivity (Wildman–Crippen MR) is 47.1 cm³/mol. The molecule has 0 aromatic rings. The minimum Gasteiger partial charge on any atom is -0.408 e. The summed E-state index contributed by atoms with van der Waals surface area (Å²) in [6, 6.07) is 0. The van der Waals surface area contributed by atoms with Crippen molar-refractivity contribution < 1.29 is 24.1 Å². The maximum Gasteiger partial charge on any atom is 0.331 e. The SMILES string of the molecule is CCCC1OCCC(O)(OC(C)=O)O1. The van der Waals surface area contributed by atoms with Gasteiger partial charge in [0.25, 0.3) is 0 Å². The van der Waals surface area contributed by atoms with E-state index < -0.39 is 18.2 Å². The van der Waals surface area contributed by atoms with Gasteiger partial charge in [0.1, 0.15) is 0 Å². The van der Waals surface area contributed by atoms with Crippen LogP contribution in [0.25, 0.3) is 0 Å². The van der Waals surface area contributed by atoms with Crippen molar-refractivity contribution in [2.24, 2.45) is 0 Å². The molecule has 2 unspecified atom stereocenters. The van der Waals surface area contributed by atoms with E-state index in [0.717, 1.165) is 6.42 Å². The lowest BCUT2D eigenvalue weighted by Gasteiger charge is -2.35. The summed E-state index contributed by atoms with van der Waals surface area (Å²) in [5.74, 6) is -2.37. The molecular weight excluding hydrogens is 188 g/mol. The molecule has 0 spiro atoms. The first-order valence-electron chi connectivity index (χ1n) is 4.77. The van der Waals surface area contributed by atoms with Gasteiger partial charge in [0.15, 0.2) is 6.29 Å². The number of ether oxygens (including phenoxy) is 3. The molecule has 1 heterocycles. The molecule has 1 rings (SSSR count). The predicted octanol–water partition coefficient (Wildman–Crippen LogP) is 0.759. The topological polar surface area (TPSA) is 65.0 Å². The van der Waals surface area contributed by atoms with E-state index in [0.29, 0.717) is 13.0 Å². The van der Waals surface area contributed by atoms with Crippen LogP contribution in [0.2, 0.25) is 0 Å². The molecule has 0 radical (unpaired) electrons. The van der Waals surface area contributed by atoms with Gasteiger partial charge in [-0.15, -0.1) is 0 Å². The van der Waals surface area contributed by atoms with Gasteiger partial charge in [-0.3, -0.25) is 9.53 Å². The average molecular weight is 204 g/mol. The van der Waals surface area contributed by atoms with Gasteiger partial charge < -0.3 is 14.6 Å². The Bertz CT molecular complexity index is 203. The van der Waals surface area contributed by atoms with Crippen LogP contribution < -0.4 is 0 Å². The second kappa shape index (κ2) is 4.72. The van der Waals surface area contributed by atoms with Crippen LogP contribution >= 0.6 is 0 Å². The van der Waals surface area contributed by atoms with Gasteiger partial charge in [0.05, 0.1) is 13.0 Å². The Balaban J connectivity index is 2.48. The van der Waals surface area contributed by atoms with Crippen LogP contribution in [-0.2, 0) is 19.0 Å². The summed E-state index contributed by atoms with van der Waals surface area (Å²) in [7, 11) is 0. The zero-order chi connectivity index (χ0) is 10.6. The largest absolute Gasteiger partial charge is 0.408 e. The van der Waals surface area contributed by atoms with Gasteiger partial charge in [-0.25, -0.2) is 0 Å². The Morgan fingerprint density at radius 2 is 2.43 bits per heavy atom. The van der Waals surface area contributed by atoms with Crippen LogP contribution in [0.15, 0.2) is 0 Å².